The Hall–Kier alpha value is -3.41. The number of hydrogen-bond donors (Lipinski definition) is 3. The lowest BCUT2D eigenvalue weighted by Crippen LogP contribution is -2.61. The monoisotopic (exact) mass is 958 g/mol. The van der Waals surface area contributed by atoms with Crippen LogP contribution in [0.3, 0.4) is 0 Å². The fraction of sp³-hybridized carbons (Fsp3) is 0.755. The van der Waals surface area contributed by atoms with E-state index in [2.05, 4.69) is 0 Å². The van der Waals surface area contributed by atoms with E-state index >= 15 is 0 Å². The van der Waals surface area contributed by atoms with Gasteiger partial charge in [0.2, 0.25) is 5.79 Å². The van der Waals surface area contributed by atoms with Gasteiger partial charge < -0.3 is 48.6 Å². The van der Waals surface area contributed by atoms with E-state index < -0.39 is 77.8 Å². The molecule has 3 N–H and O–H groups in total. The quantitative estimate of drug-likeness (QED) is 0.134. The van der Waals surface area contributed by atoms with Crippen LogP contribution in [-0.4, -0.2) is 145 Å². The van der Waals surface area contributed by atoms with Crippen LogP contribution in [0.4, 0.5) is 0 Å². The highest BCUT2D eigenvalue weighted by molar-refractivity contribution is 6.39. The summed E-state index contributed by atoms with van der Waals surface area (Å²) in [5.41, 5.74) is 1.26. The van der Waals surface area contributed by atoms with Gasteiger partial charge in [0.05, 0.1) is 37.6 Å². The van der Waals surface area contributed by atoms with Crippen molar-refractivity contribution in [3.05, 3.63) is 47.6 Å². The highest BCUT2D eigenvalue weighted by atomic mass is 16.6. The number of aliphatic hydroxyl groups is 3. The first-order valence-electron chi connectivity index (χ1n) is 25.0. The number of hydrogen-bond acceptors (Lipinski definition) is 14. The number of carbonyl (C=O) groups excluding carboxylic acids is 5. The fourth-order valence-electron chi connectivity index (χ4n) is 10.5. The van der Waals surface area contributed by atoms with Crippen molar-refractivity contribution in [1.29, 1.82) is 0 Å². The van der Waals surface area contributed by atoms with Gasteiger partial charge in [-0.25, -0.2) is 4.79 Å². The molecule has 2 bridgehead atoms. The highest BCUT2D eigenvalue weighted by Crippen LogP contribution is 2.38. The number of amides is 1. The molecule has 1 aliphatic carbocycles. The Morgan fingerprint density at radius 3 is 2.26 bits per heavy atom. The first-order valence-corrected chi connectivity index (χ1v) is 25.0. The number of allylic oxidation sites excluding steroid dienone is 6. The number of fused-ring (bicyclic) bond motifs is 3. The second-order valence-corrected chi connectivity index (χ2v) is 20.2. The second kappa shape index (κ2) is 27.3. The highest BCUT2D eigenvalue weighted by Gasteiger charge is 2.53. The van der Waals surface area contributed by atoms with Crippen molar-refractivity contribution in [1.82, 2.24) is 4.90 Å². The predicted molar refractivity (Wildman–Crippen MR) is 256 cm³/mol. The van der Waals surface area contributed by atoms with E-state index in [0.717, 1.165) is 12.0 Å². The number of ketones is 3. The molecule has 384 valence electrons. The molecule has 0 aromatic carbocycles. The van der Waals surface area contributed by atoms with E-state index in [1.54, 1.807) is 41.1 Å². The van der Waals surface area contributed by atoms with Crippen LogP contribution in [-0.2, 0) is 52.4 Å². The first-order chi connectivity index (χ1) is 32.3. The van der Waals surface area contributed by atoms with Crippen molar-refractivity contribution >= 4 is 29.2 Å². The molecule has 0 unspecified atom stereocenters. The SMILES string of the molecule is CO[C@H]1C[C@@H]2CC[C@@H](C)[C@@](O)(O2)C(=O)C(=O)N2CCCC[C@H]2C(=O)O[C@H]([C@@H](C)C[C@@H]2CC[C@@H](OCCO)[C@H](OC)C2)CC(=O)[C@H](C)/C=C(\C)[C@H](O)[C@H](OC)C(=O)[C@@H](C)C[C@H](C)/C=C/C=C/C=C/1C. The summed E-state index contributed by atoms with van der Waals surface area (Å²) in [6.07, 6.45) is 12.0. The zero-order valence-corrected chi connectivity index (χ0v) is 42.4. The minimum Gasteiger partial charge on any atom is -0.460 e. The van der Waals surface area contributed by atoms with Crippen LogP contribution in [0.15, 0.2) is 47.6 Å². The Bertz CT molecular complexity index is 1810. The van der Waals surface area contributed by atoms with Crippen LogP contribution < -0.4 is 0 Å². The lowest BCUT2D eigenvalue weighted by Gasteiger charge is -2.42. The number of cyclic esters (lactones) is 1. The molecular formula is C53H83NO14. The molecule has 15 nitrogen and oxygen atoms in total. The molecule has 4 rings (SSSR count). The van der Waals surface area contributed by atoms with Crippen LogP contribution in [0.5, 0.6) is 0 Å². The third-order valence-corrected chi connectivity index (χ3v) is 14.9. The molecule has 3 aliphatic heterocycles. The van der Waals surface area contributed by atoms with E-state index in [9.17, 15) is 39.3 Å². The molecule has 1 amide bonds. The molecule has 15 atom stereocenters. The van der Waals surface area contributed by atoms with Gasteiger partial charge in [-0.15, -0.1) is 0 Å². The summed E-state index contributed by atoms with van der Waals surface area (Å²) in [6.45, 7) is 12.9. The van der Waals surface area contributed by atoms with Crippen LogP contribution in [0, 0.1) is 35.5 Å². The number of ether oxygens (including phenoxy) is 6. The summed E-state index contributed by atoms with van der Waals surface area (Å²) in [4.78, 5) is 72.1. The van der Waals surface area contributed by atoms with Crippen molar-refractivity contribution < 1.29 is 67.7 Å². The number of Topliss-reactive ketones (excluding diaryl/α,β-unsaturated/α-hetero) is 3. The van der Waals surface area contributed by atoms with Crippen LogP contribution >= 0.6 is 0 Å². The van der Waals surface area contributed by atoms with Crippen molar-refractivity contribution in [3.63, 3.8) is 0 Å². The smallest absolute Gasteiger partial charge is 0.329 e. The summed E-state index contributed by atoms with van der Waals surface area (Å²) in [6, 6.07) is -1.14. The summed E-state index contributed by atoms with van der Waals surface area (Å²) in [7, 11) is 4.58. The number of piperidine rings is 1. The molecule has 3 heterocycles. The van der Waals surface area contributed by atoms with Crippen molar-refractivity contribution in [3.8, 4) is 0 Å². The van der Waals surface area contributed by atoms with Crippen molar-refractivity contribution in [2.24, 2.45) is 35.5 Å². The maximum Gasteiger partial charge on any atom is 0.329 e. The van der Waals surface area contributed by atoms with E-state index in [0.29, 0.717) is 63.4 Å². The Morgan fingerprint density at radius 1 is 0.853 bits per heavy atom. The van der Waals surface area contributed by atoms with Gasteiger partial charge in [0, 0.05) is 58.5 Å². The molecule has 4 aliphatic rings. The molecular weight excluding hydrogens is 875 g/mol. The third-order valence-electron chi connectivity index (χ3n) is 14.9. The molecule has 68 heavy (non-hydrogen) atoms. The number of nitrogens with zero attached hydrogens (tertiary/aromatic N) is 1. The fourth-order valence-corrected chi connectivity index (χ4v) is 10.5. The predicted octanol–water partition coefficient (Wildman–Crippen LogP) is 6.20. The Morgan fingerprint density at radius 2 is 1.59 bits per heavy atom. The largest absolute Gasteiger partial charge is 0.460 e. The molecule has 15 heteroatoms. The lowest BCUT2D eigenvalue weighted by molar-refractivity contribution is -0.265. The van der Waals surface area contributed by atoms with E-state index in [-0.39, 0.29) is 74.1 Å². The van der Waals surface area contributed by atoms with Crippen LogP contribution in [0.2, 0.25) is 0 Å². The molecule has 0 aromatic heterocycles. The summed E-state index contributed by atoms with van der Waals surface area (Å²) < 4.78 is 35.6. The summed E-state index contributed by atoms with van der Waals surface area (Å²) >= 11 is 0. The van der Waals surface area contributed by atoms with Gasteiger partial charge in [-0.1, -0.05) is 71.1 Å². The molecule has 0 radical (unpaired) electrons. The molecule has 0 spiro atoms. The third kappa shape index (κ3) is 15.3. The Kier molecular flexibility index (Phi) is 22.9. The van der Waals surface area contributed by atoms with E-state index in [1.165, 1.54) is 12.0 Å². The maximum absolute atomic E-state index is 14.5. The number of rotatable bonds is 9. The minimum absolute atomic E-state index is 0.0158. The molecule has 2 saturated heterocycles. The second-order valence-electron chi connectivity index (χ2n) is 20.2. The van der Waals surface area contributed by atoms with Crippen LogP contribution in [0.1, 0.15) is 126 Å². The average molecular weight is 958 g/mol. The van der Waals surface area contributed by atoms with Crippen LogP contribution in [0.25, 0.3) is 0 Å². The Balaban J connectivity index is 1.70. The van der Waals surface area contributed by atoms with E-state index in [1.807, 2.05) is 58.1 Å². The number of aliphatic hydroxyl groups excluding tert-OH is 2. The standard InChI is InChI=1S/C53H83NO14/c1-32-16-12-11-13-17-33(2)44(63-8)30-40-21-19-38(7)53(62,68-40)50(59)51(60)54-23-15-14-18-41(54)52(61)67-45(35(4)28-39-20-22-43(66-25-24-55)46(29-39)64-9)31-42(56)34(3)27-37(6)48(58)49(65-10)47(57)36(5)26-32/h11-13,16-17,27,32,34-36,38-41,43-46,48-49,55,58,62H,14-15,18-26,28-31H2,1-10H3/b13-11+,16-12+,33-17+,37-27+/t32-,34-,35+,36+,38-,39+,40+,41+,43-,44+,45+,46-,48+,49-,53-/m1/s1. The van der Waals surface area contributed by atoms with Crippen molar-refractivity contribution in [2.45, 2.75) is 180 Å². The first kappa shape index (κ1) is 57.2. The zero-order valence-electron chi connectivity index (χ0n) is 42.4. The lowest BCUT2D eigenvalue weighted by atomic mass is 9.78. The molecule has 0 aromatic rings. The number of carbonyl (C=O) groups is 5. The van der Waals surface area contributed by atoms with E-state index in [4.69, 9.17) is 28.4 Å². The topological polar surface area (TPSA) is 205 Å². The average Bonchev–Trinajstić information content (AvgIpc) is 3.32. The Labute approximate surface area is 405 Å². The van der Waals surface area contributed by atoms with Gasteiger partial charge in [0.15, 0.2) is 5.78 Å². The molecule has 3 fully saturated rings. The number of methoxy groups -OCH3 is 3. The van der Waals surface area contributed by atoms with Gasteiger partial charge in [0.25, 0.3) is 11.7 Å². The molecule has 1 saturated carbocycles. The normalized spacial score (nSPS) is 39.2. The van der Waals surface area contributed by atoms with Crippen molar-refractivity contribution in [2.75, 3.05) is 41.1 Å². The summed E-state index contributed by atoms with van der Waals surface area (Å²) in [5.74, 6) is -7.96. The zero-order chi connectivity index (χ0) is 50.3. The van der Waals surface area contributed by atoms with Gasteiger partial charge in [-0.2, -0.15) is 0 Å². The van der Waals surface area contributed by atoms with Gasteiger partial charge >= 0.3 is 5.97 Å². The number of esters is 1. The van der Waals surface area contributed by atoms with Gasteiger partial charge in [0.1, 0.15) is 30.1 Å². The summed E-state index contributed by atoms with van der Waals surface area (Å²) in [5, 5.41) is 32.8. The van der Waals surface area contributed by atoms with Gasteiger partial charge in [-0.05, 0) is 107 Å². The maximum atomic E-state index is 14.5. The minimum atomic E-state index is -2.43. The van der Waals surface area contributed by atoms with Gasteiger partial charge in [-0.3, -0.25) is 19.2 Å².